The molecule has 9 nitrogen and oxygen atoms in total. The number of piperidine rings is 1. The number of fused-ring (bicyclic) bond motifs is 1. The fourth-order valence-corrected chi connectivity index (χ4v) is 4.60. The van der Waals surface area contributed by atoms with Crippen LogP contribution in [0.1, 0.15) is 30.4 Å². The fraction of sp³-hybridized carbons (Fsp3) is 0.276. The summed E-state index contributed by atoms with van der Waals surface area (Å²) in [4.78, 5) is 14.8. The van der Waals surface area contributed by atoms with Crippen molar-refractivity contribution in [3.05, 3.63) is 78.1 Å². The van der Waals surface area contributed by atoms with Gasteiger partial charge in [-0.2, -0.15) is 10.4 Å². The summed E-state index contributed by atoms with van der Waals surface area (Å²) >= 11 is 0. The number of benzene rings is 2. The highest BCUT2D eigenvalue weighted by Gasteiger charge is 2.18. The molecule has 1 amide bonds. The smallest absolute Gasteiger partial charge is 0.411 e. The van der Waals surface area contributed by atoms with Gasteiger partial charge in [0.25, 0.3) is 0 Å². The molecule has 2 aromatic carbocycles. The summed E-state index contributed by atoms with van der Waals surface area (Å²) in [6.07, 6.45) is 6.38. The van der Waals surface area contributed by atoms with E-state index in [0.29, 0.717) is 34.8 Å². The van der Waals surface area contributed by atoms with Crippen LogP contribution >= 0.6 is 0 Å². The number of aryl methyl sites for hydroxylation is 1. The number of carbonyl (C=O) groups is 1. The summed E-state index contributed by atoms with van der Waals surface area (Å²) in [6.45, 7) is 5.07. The maximum absolute atomic E-state index is 12.5. The van der Waals surface area contributed by atoms with E-state index in [0.717, 1.165) is 36.6 Å². The number of anilines is 3. The van der Waals surface area contributed by atoms with Crippen molar-refractivity contribution in [1.82, 2.24) is 14.5 Å². The van der Waals surface area contributed by atoms with Crippen molar-refractivity contribution in [3.8, 4) is 17.6 Å². The van der Waals surface area contributed by atoms with E-state index in [9.17, 15) is 10.1 Å². The molecule has 0 unspecified atom stereocenters. The third-order valence-electron chi connectivity index (χ3n) is 6.61. The predicted octanol–water partition coefficient (Wildman–Crippen LogP) is 6.08. The fourth-order valence-electron chi connectivity index (χ4n) is 4.60. The SMILES string of the molecule is Cc1c(NC(=O)OCCN2CCCCC2)cn2ncc(C#N)c(Nc3ccc(Oc4ccccc4)cc3)c12. The lowest BCUT2D eigenvalue weighted by Gasteiger charge is -2.25. The first-order valence-corrected chi connectivity index (χ1v) is 12.8. The molecule has 1 aliphatic rings. The molecule has 2 N–H and O–H groups in total. The molecule has 3 heterocycles. The minimum atomic E-state index is -0.509. The number of hydrogen-bond acceptors (Lipinski definition) is 7. The van der Waals surface area contributed by atoms with Crippen molar-refractivity contribution >= 4 is 28.7 Å². The number of likely N-dealkylation sites (tertiary alicyclic amines) is 1. The summed E-state index contributed by atoms with van der Waals surface area (Å²) in [5.41, 5.74) is 3.81. The van der Waals surface area contributed by atoms with E-state index in [-0.39, 0.29) is 0 Å². The van der Waals surface area contributed by atoms with Crippen LogP contribution in [0.25, 0.3) is 5.52 Å². The van der Waals surface area contributed by atoms with Gasteiger partial charge in [0.15, 0.2) is 0 Å². The average Bonchev–Trinajstić information content (AvgIpc) is 3.26. The van der Waals surface area contributed by atoms with E-state index in [2.05, 4.69) is 26.7 Å². The summed E-state index contributed by atoms with van der Waals surface area (Å²) in [7, 11) is 0. The van der Waals surface area contributed by atoms with Gasteiger partial charge in [-0.3, -0.25) is 10.2 Å². The largest absolute Gasteiger partial charge is 0.457 e. The Morgan fingerprint density at radius 3 is 2.53 bits per heavy atom. The molecule has 0 atom stereocenters. The molecule has 194 valence electrons. The Bertz CT molecular complexity index is 1440. The normalized spacial score (nSPS) is 13.6. The molecule has 1 aliphatic heterocycles. The number of nitriles is 1. The summed E-state index contributed by atoms with van der Waals surface area (Å²) in [5, 5.41) is 20.3. The molecular weight excluding hydrogens is 480 g/mol. The minimum absolute atomic E-state index is 0.339. The predicted molar refractivity (Wildman–Crippen MR) is 146 cm³/mol. The maximum Gasteiger partial charge on any atom is 0.411 e. The van der Waals surface area contributed by atoms with Gasteiger partial charge >= 0.3 is 6.09 Å². The molecule has 1 fully saturated rings. The Labute approximate surface area is 221 Å². The highest BCUT2D eigenvalue weighted by atomic mass is 16.5. The number of aromatic nitrogens is 2. The second-order valence-corrected chi connectivity index (χ2v) is 9.23. The zero-order chi connectivity index (χ0) is 26.3. The van der Waals surface area contributed by atoms with Crippen LogP contribution in [0, 0.1) is 18.3 Å². The number of nitrogens with zero attached hydrogens (tertiary/aromatic N) is 4. The van der Waals surface area contributed by atoms with Gasteiger partial charge in [0.2, 0.25) is 0 Å². The number of para-hydroxylation sites is 1. The second kappa shape index (κ2) is 11.7. The van der Waals surface area contributed by atoms with Crippen LogP contribution in [0.4, 0.5) is 21.9 Å². The number of ether oxygens (including phenoxy) is 2. The molecule has 0 saturated carbocycles. The molecule has 0 spiro atoms. The van der Waals surface area contributed by atoms with E-state index in [1.165, 1.54) is 25.5 Å². The zero-order valence-electron chi connectivity index (χ0n) is 21.3. The molecule has 1 saturated heterocycles. The van der Waals surface area contributed by atoms with Crippen molar-refractivity contribution in [2.75, 3.05) is 36.9 Å². The zero-order valence-corrected chi connectivity index (χ0v) is 21.3. The van der Waals surface area contributed by atoms with Crippen LogP contribution in [0.2, 0.25) is 0 Å². The van der Waals surface area contributed by atoms with Gasteiger partial charge in [0, 0.05) is 17.8 Å². The van der Waals surface area contributed by atoms with E-state index < -0.39 is 6.09 Å². The summed E-state index contributed by atoms with van der Waals surface area (Å²) in [6, 6.07) is 19.3. The molecule has 2 aromatic heterocycles. The number of hydrogen-bond donors (Lipinski definition) is 2. The van der Waals surface area contributed by atoms with Crippen molar-refractivity contribution in [2.45, 2.75) is 26.2 Å². The minimum Gasteiger partial charge on any atom is -0.457 e. The second-order valence-electron chi connectivity index (χ2n) is 9.23. The molecule has 0 bridgehead atoms. The third-order valence-corrected chi connectivity index (χ3v) is 6.61. The lowest BCUT2D eigenvalue weighted by Crippen LogP contribution is -2.33. The highest BCUT2D eigenvalue weighted by molar-refractivity contribution is 5.92. The van der Waals surface area contributed by atoms with Gasteiger partial charge < -0.3 is 14.8 Å². The Hall–Kier alpha value is -4.55. The summed E-state index contributed by atoms with van der Waals surface area (Å²) in [5.74, 6) is 1.45. The van der Waals surface area contributed by atoms with Gasteiger partial charge in [-0.05, 0) is 69.3 Å². The maximum atomic E-state index is 12.5. The van der Waals surface area contributed by atoms with Gasteiger partial charge in [-0.15, -0.1) is 0 Å². The van der Waals surface area contributed by atoms with Crippen molar-refractivity contribution < 1.29 is 14.3 Å². The van der Waals surface area contributed by atoms with Gasteiger partial charge in [0.1, 0.15) is 24.2 Å². The Balaban J connectivity index is 1.29. The number of carbonyl (C=O) groups excluding carboxylic acids is 1. The van der Waals surface area contributed by atoms with E-state index in [4.69, 9.17) is 9.47 Å². The molecule has 0 aliphatic carbocycles. The van der Waals surface area contributed by atoms with Crippen LogP contribution < -0.4 is 15.4 Å². The lowest BCUT2D eigenvalue weighted by atomic mass is 10.1. The monoisotopic (exact) mass is 510 g/mol. The van der Waals surface area contributed by atoms with Gasteiger partial charge in [-0.1, -0.05) is 24.6 Å². The van der Waals surface area contributed by atoms with E-state index in [1.807, 2.05) is 61.5 Å². The highest BCUT2D eigenvalue weighted by Crippen LogP contribution is 2.33. The molecule has 38 heavy (non-hydrogen) atoms. The van der Waals surface area contributed by atoms with Crippen molar-refractivity contribution in [1.29, 1.82) is 5.26 Å². The van der Waals surface area contributed by atoms with Gasteiger partial charge in [-0.25, -0.2) is 9.31 Å². The van der Waals surface area contributed by atoms with Gasteiger partial charge in [0.05, 0.1) is 34.8 Å². The lowest BCUT2D eigenvalue weighted by molar-refractivity contribution is 0.131. The topological polar surface area (TPSA) is 104 Å². The Kier molecular flexibility index (Phi) is 7.71. The molecule has 4 aromatic rings. The number of nitrogens with one attached hydrogen (secondary N) is 2. The van der Waals surface area contributed by atoms with Crippen LogP contribution in [0.3, 0.4) is 0 Å². The van der Waals surface area contributed by atoms with Crippen molar-refractivity contribution in [3.63, 3.8) is 0 Å². The molecular formula is C29H30N6O3. The first kappa shape index (κ1) is 25.1. The molecule has 9 heteroatoms. The average molecular weight is 511 g/mol. The molecule has 5 rings (SSSR count). The first-order valence-electron chi connectivity index (χ1n) is 12.8. The Morgan fingerprint density at radius 1 is 1.05 bits per heavy atom. The standard InChI is InChI=1S/C29H30N6O3/c1-21-26(33-29(36)37-17-16-34-14-6-3-7-15-34)20-35-28(21)27(22(18-30)19-31-35)32-23-10-12-25(13-11-23)38-24-8-4-2-5-9-24/h2,4-5,8-13,19-20,32H,3,6-7,14-17H2,1H3,(H,33,36). The van der Waals surface area contributed by atoms with Crippen LogP contribution in [0.5, 0.6) is 11.5 Å². The number of rotatable bonds is 8. The van der Waals surface area contributed by atoms with E-state index in [1.54, 1.807) is 10.7 Å². The van der Waals surface area contributed by atoms with Crippen molar-refractivity contribution in [2.24, 2.45) is 0 Å². The van der Waals surface area contributed by atoms with Crippen LogP contribution in [-0.2, 0) is 4.74 Å². The first-order chi connectivity index (χ1) is 18.6. The van der Waals surface area contributed by atoms with Crippen LogP contribution in [0.15, 0.2) is 67.0 Å². The quantitative estimate of drug-likeness (QED) is 0.296. The third kappa shape index (κ3) is 5.88. The van der Waals surface area contributed by atoms with E-state index >= 15 is 0 Å². The van der Waals surface area contributed by atoms with Crippen LogP contribution in [-0.4, -0.2) is 46.8 Å². The molecule has 0 radical (unpaired) electrons. The Morgan fingerprint density at radius 2 is 1.79 bits per heavy atom. The number of amides is 1. The summed E-state index contributed by atoms with van der Waals surface area (Å²) < 4.78 is 12.9.